The van der Waals surface area contributed by atoms with Crippen LogP contribution in [-0.2, 0) is 44.7 Å². The van der Waals surface area contributed by atoms with Crippen LogP contribution in [0.5, 0.6) is 17.2 Å². The molecule has 28 heteroatoms. The van der Waals surface area contributed by atoms with E-state index in [-0.39, 0.29) is 27.8 Å². The zero-order valence-corrected chi connectivity index (χ0v) is 31.6. The third-order valence-corrected chi connectivity index (χ3v) is 11.3. The fourth-order valence-corrected chi connectivity index (χ4v) is 7.48. The highest BCUT2D eigenvalue weighted by Gasteiger charge is 2.24. The molecule has 0 saturated carbocycles. The lowest BCUT2D eigenvalue weighted by atomic mass is 10.1. The normalized spacial score (nSPS) is 12.9. The number of phenolic OH excluding ortho intramolecular Hbond substituents is 3. The molecule has 0 unspecified atom stereocenters. The minimum Gasteiger partial charge on any atom is -0.505 e. The zero-order valence-electron chi connectivity index (χ0n) is 28.4. The van der Waals surface area contributed by atoms with Crippen molar-refractivity contribution >= 4 is 91.1 Å². The maximum absolute atomic E-state index is 12.6. The lowest BCUT2D eigenvalue weighted by molar-refractivity contribution is -0.384. The van der Waals surface area contributed by atoms with Gasteiger partial charge in [0.1, 0.15) is 33.5 Å². The van der Waals surface area contributed by atoms with Gasteiger partial charge in [-0.15, -0.1) is 30.7 Å². The van der Waals surface area contributed by atoms with E-state index in [1.165, 1.54) is 18.2 Å². The fourth-order valence-electron chi connectivity index (χ4n) is 4.74. The van der Waals surface area contributed by atoms with Gasteiger partial charge in [0, 0.05) is 16.8 Å². The number of aromatic hydroxyl groups is 3. The summed E-state index contributed by atoms with van der Waals surface area (Å²) < 4.78 is 127. The van der Waals surface area contributed by atoms with E-state index in [0.29, 0.717) is 6.07 Å². The second-order valence-electron chi connectivity index (χ2n) is 11.3. The molecule has 0 aliphatic heterocycles. The molecule has 0 saturated heterocycles. The van der Waals surface area contributed by atoms with E-state index < -0.39 is 112 Å². The summed E-state index contributed by atoms with van der Waals surface area (Å²) in [6.07, 6.45) is 0. The molecule has 0 aliphatic carbocycles. The van der Waals surface area contributed by atoms with Crippen LogP contribution in [0.25, 0.3) is 10.8 Å². The number of rotatable bonds is 14. The Balaban J connectivity index is 1.51. The molecule has 0 aromatic heterocycles. The molecule has 6 N–H and O–H groups in total. The summed E-state index contributed by atoms with van der Waals surface area (Å²) >= 11 is 0. The smallest absolute Gasteiger partial charge is 0.397 e. The number of nitrogens with zero attached hydrogens (tertiary/aromatic N) is 7. The molecule has 0 radical (unpaired) electrons. The molecule has 24 nitrogen and oxygen atoms in total. The van der Waals surface area contributed by atoms with Crippen molar-refractivity contribution in [1.29, 1.82) is 0 Å². The molecular weight excluding hydrogens is 859 g/mol. The molecule has 304 valence electrons. The number of nitro groups is 1. The average Bonchev–Trinajstić information content (AvgIpc) is 3.12. The Labute approximate surface area is 325 Å². The van der Waals surface area contributed by atoms with Crippen LogP contribution in [0, 0.1) is 10.1 Å². The summed E-state index contributed by atoms with van der Waals surface area (Å²) in [6, 6.07) is 12.9. The third-order valence-electron chi connectivity index (χ3n) is 7.46. The van der Waals surface area contributed by atoms with E-state index in [2.05, 4.69) is 34.9 Å². The summed E-state index contributed by atoms with van der Waals surface area (Å²) in [7, 11) is -19.4. The number of hydrogen-bond acceptors (Lipinski definition) is 20. The first kappa shape index (κ1) is 42.7. The van der Waals surface area contributed by atoms with E-state index in [4.69, 9.17) is 4.55 Å². The minimum atomic E-state index is -5.21. The minimum absolute atomic E-state index is 0.0350. The molecule has 0 aliphatic rings. The number of sulfone groups is 1. The van der Waals surface area contributed by atoms with Crippen LogP contribution in [0.1, 0.15) is 0 Å². The van der Waals surface area contributed by atoms with Crippen molar-refractivity contribution in [3.63, 3.8) is 0 Å². The maximum Gasteiger partial charge on any atom is 0.397 e. The number of non-ortho nitro benzene ring substituents is 1. The molecule has 0 amide bonds. The van der Waals surface area contributed by atoms with Crippen LogP contribution in [0.15, 0.2) is 124 Å². The number of phenols is 3. The van der Waals surface area contributed by atoms with Gasteiger partial charge >= 0.3 is 10.4 Å². The number of azo groups is 3. The molecule has 0 atom stereocenters. The van der Waals surface area contributed by atoms with E-state index in [9.17, 15) is 68.2 Å². The summed E-state index contributed by atoms with van der Waals surface area (Å²) in [5.41, 5.74) is -2.48. The first-order chi connectivity index (χ1) is 26.9. The largest absolute Gasteiger partial charge is 0.505 e. The highest BCUT2D eigenvalue weighted by Crippen LogP contribution is 2.45. The van der Waals surface area contributed by atoms with Crippen LogP contribution in [-0.4, -0.2) is 79.9 Å². The van der Waals surface area contributed by atoms with Crippen molar-refractivity contribution in [3.8, 4) is 17.2 Å². The molecular formula is C30H23N7O17S4. The SMILES string of the molecule is O=[N+]([O-])c1ccc(N=Nc2ccc(N=Nc3c(O)ccc(N=Nc4ccc(S(=O)(=O)CCOS(=O)(=O)O)cc4S(=O)(=O)O)c3O)c3cc(S(=O)(=O)O)ccc23)c(O)c1. The van der Waals surface area contributed by atoms with Gasteiger partial charge in [0.25, 0.3) is 25.9 Å². The van der Waals surface area contributed by atoms with Crippen LogP contribution >= 0.6 is 0 Å². The predicted octanol–water partition coefficient (Wildman–Crippen LogP) is 6.20. The van der Waals surface area contributed by atoms with Gasteiger partial charge in [0.05, 0.1) is 44.5 Å². The Kier molecular flexibility index (Phi) is 12.0. The highest BCUT2D eigenvalue weighted by atomic mass is 32.3. The topological polar surface area (TPSA) is 384 Å². The summed E-state index contributed by atoms with van der Waals surface area (Å²) in [5, 5.41) is 65.7. The second kappa shape index (κ2) is 16.2. The lowest BCUT2D eigenvalue weighted by Crippen LogP contribution is -2.16. The number of fused-ring (bicyclic) bond motifs is 1. The van der Waals surface area contributed by atoms with Crippen LogP contribution in [0.3, 0.4) is 0 Å². The Hall–Kier alpha value is -6.40. The van der Waals surface area contributed by atoms with Gasteiger partial charge in [-0.1, -0.05) is 6.07 Å². The molecule has 5 aromatic carbocycles. The van der Waals surface area contributed by atoms with E-state index in [1.54, 1.807) is 0 Å². The monoisotopic (exact) mass is 881 g/mol. The van der Waals surface area contributed by atoms with Gasteiger partial charge in [-0.2, -0.15) is 25.3 Å². The van der Waals surface area contributed by atoms with E-state index in [0.717, 1.165) is 54.6 Å². The van der Waals surface area contributed by atoms with Gasteiger partial charge in [0.2, 0.25) is 0 Å². The summed E-state index contributed by atoms with van der Waals surface area (Å²) in [4.78, 5) is 7.84. The highest BCUT2D eigenvalue weighted by molar-refractivity contribution is 7.91. The van der Waals surface area contributed by atoms with Gasteiger partial charge in [-0.05, 0) is 60.7 Å². The van der Waals surface area contributed by atoms with Crippen LogP contribution < -0.4 is 0 Å². The summed E-state index contributed by atoms with van der Waals surface area (Å²) in [6.45, 7) is -1.04. The molecule has 0 bridgehead atoms. The molecule has 0 spiro atoms. The van der Waals surface area contributed by atoms with Crippen molar-refractivity contribution in [1.82, 2.24) is 0 Å². The number of nitro benzene ring substituents is 1. The predicted molar refractivity (Wildman–Crippen MR) is 197 cm³/mol. The van der Waals surface area contributed by atoms with Crippen molar-refractivity contribution in [2.45, 2.75) is 14.7 Å². The van der Waals surface area contributed by atoms with E-state index in [1.807, 2.05) is 0 Å². The standard InChI is InChI=1S/C30H23N7O17S4/c38-26-10-9-25(35-34-24-6-3-17(15-28(24)57(48,49)50)55(43,44)12-11-54-58(51,52)53)30(40)29(26)36-32-22-8-7-21(19-4-2-18(14-20(19)22)56(45,46)47)31-33-23-5-1-16(37(41)42)13-27(23)39/h1-10,13-15,38-40H,11-12H2,(H,45,46,47)(H,48,49,50)(H,51,52,53). The summed E-state index contributed by atoms with van der Waals surface area (Å²) in [5.74, 6) is -3.22. The number of hydrogen-bond donors (Lipinski definition) is 6. The van der Waals surface area contributed by atoms with Gasteiger partial charge in [-0.3, -0.25) is 23.8 Å². The second-order valence-corrected chi connectivity index (χ2v) is 17.3. The third kappa shape index (κ3) is 10.1. The lowest BCUT2D eigenvalue weighted by Gasteiger charge is -2.08. The molecule has 5 aromatic rings. The molecule has 0 heterocycles. The quantitative estimate of drug-likeness (QED) is 0.0313. The fraction of sp³-hybridized carbons (Fsp3) is 0.0667. The Morgan fingerprint density at radius 3 is 1.74 bits per heavy atom. The first-order valence-corrected chi connectivity index (χ1v) is 21.1. The van der Waals surface area contributed by atoms with Crippen LogP contribution in [0.2, 0.25) is 0 Å². The van der Waals surface area contributed by atoms with Gasteiger partial charge in [-0.25, -0.2) is 12.6 Å². The molecule has 0 fully saturated rings. The van der Waals surface area contributed by atoms with Crippen molar-refractivity contribution in [2.24, 2.45) is 30.7 Å². The maximum atomic E-state index is 12.6. The Morgan fingerprint density at radius 2 is 1.12 bits per heavy atom. The molecule has 5 rings (SSSR count). The first-order valence-electron chi connectivity index (χ1n) is 15.2. The van der Waals surface area contributed by atoms with Crippen molar-refractivity contribution in [3.05, 3.63) is 89.0 Å². The zero-order chi connectivity index (χ0) is 42.8. The average molecular weight is 882 g/mol. The van der Waals surface area contributed by atoms with Gasteiger partial charge in [0.15, 0.2) is 21.3 Å². The van der Waals surface area contributed by atoms with Crippen molar-refractivity contribution < 1.29 is 71.8 Å². The Morgan fingerprint density at radius 1 is 0.569 bits per heavy atom. The molecule has 58 heavy (non-hydrogen) atoms. The number of benzene rings is 5. The van der Waals surface area contributed by atoms with Gasteiger partial charge < -0.3 is 15.3 Å². The van der Waals surface area contributed by atoms with Crippen LogP contribution in [0.4, 0.5) is 39.8 Å². The van der Waals surface area contributed by atoms with E-state index >= 15 is 0 Å². The Bertz CT molecular complexity index is 3050. The van der Waals surface area contributed by atoms with Crippen molar-refractivity contribution in [2.75, 3.05) is 12.4 Å².